The average Bonchev–Trinajstić information content (AvgIpc) is 2.47. The summed E-state index contributed by atoms with van der Waals surface area (Å²) in [5.41, 5.74) is 0.679. The summed E-state index contributed by atoms with van der Waals surface area (Å²) in [6.07, 6.45) is 4.05. The van der Waals surface area contributed by atoms with Gasteiger partial charge in [-0.05, 0) is 37.5 Å². The van der Waals surface area contributed by atoms with E-state index in [9.17, 15) is 14.3 Å². The van der Waals surface area contributed by atoms with Crippen LogP contribution in [0.4, 0.5) is 4.39 Å². The highest BCUT2D eigenvalue weighted by molar-refractivity contribution is 5.83. The Balaban J connectivity index is 2.00. The lowest BCUT2D eigenvalue weighted by molar-refractivity contribution is -0.123. The van der Waals surface area contributed by atoms with Gasteiger partial charge in [0.2, 0.25) is 5.91 Å². The lowest BCUT2D eigenvalue weighted by atomic mass is 9.84. The van der Waals surface area contributed by atoms with Crippen LogP contribution in [0, 0.1) is 11.7 Å². The quantitative estimate of drug-likeness (QED) is 0.890. The molecule has 20 heavy (non-hydrogen) atoms. The van der Waals surface area contributed by atoms with Gasteiger partial charge in [-0.1, -0.05) is 25.0 Å². The lowest BCUT2D eigenvalue weighted by Crippen LogP contribution is -2.44. The predicted molar refractivity (Wildman–Crippen MR) is 75.8 cm³/mol. The molecule has 0 heterocycles. The number of benzene rings is 1. The van der Waals surface area contributed by atoms with Gasteiger partial charge in [-0.3, -0.25) is 4.79 Å². The number of aliphatic hydroxyl groups is 1. The van der Waals surface area contributed by atoms with Crippen molar-refractivity contribution >= 4 is 5.91 Å². The Hall–Kier alpha value is -1.42. The van der Waals surface area contributed by atoms with Crippen LogP contribution in [0.15, 0.2) is 24.3 Å². The molecule has 1 aliphatic carbocycles. The van der Waals surface area contributed by atoms with Crippen molar-refractivity contribution in [2.75, 3.05) is 6.61 Å². The normalized spacial score (nSPS) is 24.1. The van der Waals surface area contributed by atoms with E-state index in [1.807, 2.05) is 0 Å². The van der Waals surface area contributed by atoms with Gasteiger partial charge >= 0.3 is 0 Å². The summed E-state index contributed by atoms with van der Waals surface area (Å²) >= 11 is 0. The monoisotopic (exact) mass is 279 g/mol. The highest BCUT2D eigenvalue weighted by Gasteiger charge is 2.27. The van der Waals surface area contributed by atoms with E-state index in [0.717, 1.165) is 25.7 Å². The summed E-state index contributed by atoms with van der Waals surface area (Å²) in [5.74, 6) is -0.659. The van der Waals surface area contributed by atoms with Gasteiger partial charge in [0.15, 0.2) is 0 Å². The van der Waals surface area contributed by atoms with Crippen LogP contribution in [0.25, 0.3) is 0 Å². The lowest BCUT2D eigenvalue weighted by Gasteiger charge is -2.31. The topological polar surface area (TPSA) is 49.3 Å². The van der Waals surface area contributed by atoms with Gasteiger partial charge in [-0.25, -0.2) is 4.39 Å². The first-order chi connectivity index (χ1) is 9.61. The maximum absolute atomic E-state index is 13.2. The Morgan fingerprint density at radius 3 is 2.90 bits per heavy atom. The van der Waals surface area contributed by atoms with Gasteiger partial charge in [0.05, 0.1) is 5.92 Å². The third-order valence-electron chi connectivity index (χ3n) is 4.21. The molecule has 2 N–H and O–H groups in total. The first-order valence-electron chi connectivity index (χ1n) is 7.28. The van der Waals surface area contributed by atoms with E-state index in [0.29, 0.717) is 5.56 Å². The fourth-order valence-electron chi connectivity index (χ4n) is 2.85. The molecular formula is C16H22FNO2. The Labute approximate surface area is 119 Å². The molecule has 0 radical (unpaired) electrons. The molecule has 0 spiro atoms. The number of carbonyl (C=O) groups is 1. The molecule has 1 aromatic rings. The molecule has 3 unspecified atom stereocenters. The molecule has 110 valence electrons. The van der Waals surface area contributed by atoms with Crippen molar-refractivity contribution in [1.29, 1.82) is 0 Å². The van der Waals surface area contributed by atoms with Crippen molar-refractivity contribution in [2.24, 2.45) is 5.92 Å². The van der Waals surface area contributed by atoms with Gasteiger partial charge in [-0.15, -0.1) is 0 Å². The summed E-state index contributed by atoms with van der Waals surface area (Å²) < 4.78 is 13.2. The summed E-state index contributed by atoms with van der Waals surface area (Å²) in [6.45, 7) is 1.89. The van der Waals surface area contributed by atoms with Crippen LogP contribution >= 0.6 is 0 Å². The molecule has 4 heteroatoms. The molecule has 0 aliphatic heterocycles. The minimum atomic E-state index is -0.382. The van der Waals surface area contributed by atoms with E-state index in [2.05, 4.69) is 5.32 Å². The van der Waals surface area contributed by atoms with Crippen LogP contribution in [-0.2, 0) is 4.79 Å². The van der Waals surface area contributed by atoms with Crippen molar-refractivity contribution in [3.8, 4) is 0 Å². The van der Waals surface area contributed by atoms with Crippen molar-refractivity contribution < 1.29 is 14.3 Å². The van der Waals surface area contributed by atoms with Gasteiger partial charge < -0.3 is 10.4 Å². The molecule has 3 atom stereocenters. The number of carbonyl (C=O) groups excluding carboxylic acids is 1. The minimum absolute atomic E-state index is 0.0391. The molecule has 0 aromatic heterocycles. The largest absolute Gasteiger partial charge is 0.396 e. The molecule has 1 aliphatic rings. The van der Waals surface area contributed by atoms with E-state index in [-0.39, 0.29) is 36.2 Å². The third kappa shape index (κ3) is 3.57. The van der Waals surface area contributed by atoms with E-state index in [1.54, 1.807) is 19.1 Å². The van der Waals surface area contributed by atoms with Gasteiger partial charge in [0, 0.05) is 18.6 Å². The second-order valence-corrected chi connectivity index (χ2v) is 5.62. The number of nitrogens with one attached hydrogen (secondary N) is 1. The van der Waals surface area contributed by atoms with Gasteiger partial charge in [0.25, 0.3) is 0 Å². The van der Waals surface area contributed by atoms with Crippen molar-refractivity contribution in [1.82, 2.24) is 5.32 Å². The molecule has 1 aromatic carbocycles. The first kappa shape index (κ1) is 15.0. The average molecular weight is 279 g/mol. The summed E-state index contributed by atoms with van der Waals surface area (Å²) in [5, 5.41) is 12.4. The van der Waals surface area contributed by atoms with Crippen LogP contribution in [0.5, 0.6) is 0 Å². The fraction of sp³-hybridized carbons (Fsp3) is 0.562. The van der Waals surface area contributed by atoms with Crippen LogP contribution in [0.2, 0.25) is 0 Å². The maximum Gasteiger partial charge on any atom is 0.227 e. The molecule has 1 amide bonds. The number of aliphatic hydroxyl groups excluding tert-OH is 1. The highest BCUT2D eigenvalue weighted by Crippen LogP contribution is 2.25. The Bertz CT molecular complexity index is 464. The molecule has 0 saturated heterocycles. The summed E-state index contributed by atoms with van der Waals surface area (Å²) in [6, 6.07) is 6.19. The third-order valence-corrected chi connectivity index (χ3v) is 4.21. The Morgan fingerprint density at radius 1 is 1.45 bits per heavy atom. The zero-order valence-electron chi connectivity index (χ0n) is 11.8. The van der Waals surface area contributed by atoms with Crippen molar-refractivity contribution in [2.45, 2.75) is 44.6 Å². The second-order valence-electron chi connectivity index (χ2n) is 5.62. The molecule has 1 fully saturated rings. The fourth-order valence-corrected chi connectivity index (χ4v) is 2.85. The Morgan fingerprint density at radius 2 is 2.20 bits per heavy atom. The van der Waals surface area contributed by atoms with Crippen molar-refractivity contribution in [3.05, 3.63) is 35.6 Å². The first-order valence-corrected chi connectivity index (χ1v) is 7.28. The highest BCUT2D eigenvalue weighted by atomic mass is 19.1. The Kier molecular flexibility index (Phi) is 5.12. The second kappa shape index (κ2) is 6.84. The molecule has 3 nitrogen and oxygen atoms in total. The molecule has 2 rings (SSSR count). The number of hydrogen-bond donors (Lipinski definition) is 2. The van der Waals surface area contributed by atoms with Gasteiger partial charge in [-0.2, -0.15) is 0 Å². The number of amides is 1. The number of hydrogen-bond acceptors (Lipinski definition) is 2. The zero-order chi connectivity index (χ0) is 14.5. The van der Waals surface area contributed by atoms with Crippen molar-refractivity contribution in [3.63, 3.8) is 0 Å². The predicted octanol–water partition coefficient (Wildman–Crippen LogP) is 2.60. The number of rotatable bonds is 4. The van der Waals surface area contributed by atoms with Crippen LogP contribution in [-0.4, -0.2) is 23.7 Å². The minimum Gasteiger partial charge on any atom is -0.396 e. The standard InChI is InChI=1S/C16H22FNO2/c1-11(12-6-4-7-14(17)9-12)16(20)18-15-8-3-2-5-13(15)10-19/h4,6-7,9,11,13,15,19H,2-3,5,8,10H2,1H3,(H,18,20). The van der Waals surface area contributed by atoms with Crippen LogP contribution in [0.1, 0.15) is 44.1 Å². The van der Waals surface area contributed by atoms with E-state index < -0.39 is 0 Å². The van der Waals surface area contributed by atoms with E-state index >= 15 is 0 Å². The van der Waals surface area contributed by atoms with Crippen LogP contribution < -0.4 is 5.32 Å². The van der Waals surface area contributed by atoms with Crippen LogP contribution in [0.3, 0.4) is 0 Å². The van der Waals surface area contributed by atoms with E-state index in [4.69, 9.17) is 0 Å². The SMILES string of the molecule is CC(C(=O)NC1CCCCC1CO)c1cccc(F)c1. The summed E-state index contributed by atoms with van der Waals surface area (Å²) in [7, 11) is 0. The van der Waals surface area contributed by atoms with Gasteiger partial charge in [0.1, 0.15) is 5.82 Å². The smallest absolute Gasteiger partial charge is 0.227 e. The molecule has 1 saturated carbocycles. The number of halogens is 1. The summed E-state index contributed by atoms with van der Waals surface area (Å²) in [4.78, 5) is 12.3. The molecular weight excluding hydrogens is 257 g/mol. The molecule has 0 bridgehead atoms. The maximum atomic E-state index is 13.2. The van der Waals surface area contributed by atoms with E-state index in [1.165, 1.54) is 12.1 Å². The zero-order valence-corrected chi connectivity index (χ0v) is 11.8.